The topological polar surface area (TPSA) is 87.7 Å². The van der Waals surface area contributed by atoms with E-state index in [0.29, 0.717) is 38.7 Å². The van der Waals surface area contributed by atoms with Gasteiger partial charge in [0.2, 0.25) is 4.96 Å². The van der Waals surface area contributed by atoms with Gasteiger partial charge in [0.1, 0.15) is 15.4 Å². The molecule has 1 aromatic carbocycles. The first kappa shape index (κ1) is 22.6. The summed E-state index contributed by atoms with van der Waals surface area (Å²) in [6.07, 6.45) is -4.63. The number of thioether (sulfide) groups is 1. The molecule has 0 atom stereocenters. The molecule has 2 heterocycles. The molecule has 0 spiro atoms. The quantitative estimate of drug-likeness (QED) is 0.524. The highest BCUT2D eigenvalue weighted by Crippen LogP contribution is 2.43. The smallest absolute Gasteiger partial charge is 0.417 e. The summed E-state index contributed by atoms with van der Waals surface area (Å²) in [4.78, 5) is 16.2. The second-order valence-corrected chi connectivity index (χ2v) is 10.5. The van der Waals surface area contributed by atoms with Crippen molar-refractivity contribution in [2.45, 2.75) is 56.0 Å². The largest absolute Gasteiger partial charge is 0.480 e. The minimum atomic E-state index is -4.63. The minimum Gasteiger partial charge on any atom is -0.480 e. The van der Waals surface area contributed by atoms with E-state index >= 15 is 0 Å². The van der Waals surface area contributed by atoms with Gasteiger partial charge >= 0.3 is 12.1 Å². The maximum atomic E-state index is 13.5. The van der Waals surface area contributed by atoms with Gasteiger partial charge in [0, 0.05) is 10.5 Å². The van der Waals surface area contributed by atoms with Gasteiger partial charge in [-0.25, -0.2) is 9.50 Å². The SMILES string of the molecule is Cc1nc2sc(C(C)(C)O)nn2c1-c1ccc(C(F)(F)F)c(SC(C)(C)C(=O)O)c1. The van der Waals surface area contributed by atoms with Crippen LogP contribution in [0.4, 0.5) is 13.2 Å². The number of aliphatic carboxylic acids is 1. The van der Waals surface area contributed by atoms with Crippen LogP contribution < -0.4 is 0 Å². The van der Waals surface area contributed by atoms with Crippen molar-refractivity contribution in [1.29, 1.82) is 0 Å². The zero-order valence-corrected chi connectivity index (χ0v) is 18.5. The molecule has 0 aliphatic carbocycles. The second-order valence-electron chi connectivity index (χ2n) is 7.83. The number of carbonyl (C=O) groups is 1. The van der Waals surface area contributed by atoms with Gasteiger partial charge in [0.15, 0.2) is 0 Å². The highest BCUT2D eigenvalue weighted by molar-refractivity contribution is 8.01. The number of nitrogens with zero attached hydrogens (tertiary/aromatic N) is 3. The van der Waals surface area contributed by atoms with E-state index < -0.39 is 28.1 Å². The van der Waals surface area contributed by atoms with Gasteiger partial charge in [-0.15, -0.1) is 11.8 Å². The number of hydrogen-bond donors (Lipinski definition) is 2. The van der Waals surface area contributed by atoms with Gasteiger partial charge in [-0.2, -0.15) is 18.3 Å². The van der Waals surface area contributed by atoms with Crippen molar-refractivity contribution in [3.8, 4) is 11.3 Å². The van der Waals surface area contributed by atoms with Crippen LogP contribution in [0.3, 0.4) is 0 Å². The van der Waals surface area contributed by atoms with Gasteiger partial charge in [-0.1, -0.05) is 17.4 Å². The van der Waals surface area contributed by atoms with Crippen molar-refractivity contribution in [2.75, 3.05) is 0 Å². The fraction of sp³-hybridized carbons (Fsp3) is 0.421. The predicted molar refractivity (Wildman–Crippen MR) is 109 cm³/mol. The molecule has 0 amide bonds. The van der Waals surface area contributed by atoms with E-state index in [1.54, 1.807) is 20.8 Å². The summed E-state index contributed by atoms with van der Waals surface area (Å²) in [5.74, 6) is -1.22. The Balaban J connectivity index is 2.20. The first-order valence-electron chi connectivity index (χ1n) is 8.84. The fourth-order valence-electron chi connectivity index (χ4n) is 2.73. The monoisotopic (exact) mass is 459 g/mol. The molecule has 6 nitrogen and oxygen atoms in total. The van der Waals surface area contributed by atoms with E-state index in [2.05, 4.69) is 10.1 Å². The molecule has 0 saturated heterocycles. The highest BCUT2D eigenvalue weighted by atomic mass is 32.2. The van der Waals surface area contributed by atoms with E-state index in [4.69, 9.17) is 0 Å². The van der Waals surface area contributed by atoms with Crippen LogP contribution in [-0.4, -0.2) is 35.5 Å². The number of aliphatic hydroxyl groups is 1. The van der Waals surface area contributed by atoms with Crippen molar-refractivity contribution in [2.24, 2.45) is 0 Å². The first-order chi connectivity index (χ1) is 13.6. The lowest BCUT2D eigenvalue weighted by Crippen LogP contribution is -2.27. The molecular weight excluding hydrogens is 439 g/mol. The molecule has 3 rings (SSSR count). The number of halogens is 3. The molecule has 2 aromatic heterocycles. The summed E-state index contributed by atoms with van der Waals surface area (Å²) in [5.41, 5.74) is -0.628. The summed E-state index contributed by atoms with van der Waals surface area (Å²) in [6.45, 7) is 7.58. The molecule has 0 saturated carbocycles. The maximum absolute atomic E-state index is 13.5. The van der Waals surface area contributed by atoms with Crippen molar-refractivity contribution in [3.63, 3.8) is 0 Å². The predicted octanol–water partition coefficient (Wildman–Crippen LogP) is 4.97. The van der Waals surface area contributed by atoms with E-state index in [1.807, 2.05) is 0 Å². The van der Waals surface area contributed by atoms with Gasteiger partial charge in [-0.05, 0) is 46.8 Å². The summed E-state index contributed by atoms with van der Waals surface area (Å²) in [5, 5.41) is 24.4. The number of carboxylic acids is 1. The van der Waals surface area contributed by atoms with Crippen molar-refractivity contribution in [3.05, 3.63) is 34.5 Å². The third-order valence-corrected chi connectivity index (χ3v) is 6.81. The van der Waals surface area contributed by atoms with Crippen LogP contribution in [0.15, 0.2) is 23.1 Å². The van der Waals surface area contributed by atoms with Gasteiger partial charge in [0.05, 0.1) is 17.0 Å². The zero-order chi connectivity index (χ0) is 22.6. The summed E-state index contributed by atoms with van der Waals surface area (Å²) in [7, 11) is 0. The Morgan fingerprint density at radius 3 is 2.37 bits per heavy atom. The zero-order valence-electron chi connectivity index (χ0n) is 16.8. The Labute approximate surface area is 178 Å². The molecule has 11 heteroatoms. The Morgan fingerprint density at radius 2 is 1.83 bits per heavy atom. The number of carboxylic acid groups (broad SMARTS) is 1. The molecule has 0 unspecified atom stereocenters. The van der Waals surface area contributed by atoms with E-state index in [0.717, 1.165) is 6.07 Å². The van der Waals surface area contributed by atoms with Gasteiger partial charge in [0.25, 0.3) is 0 Å². The average molecular weight is 460 g/mol. The van der Waals surface area contributed by atoms with Crippen LogP contribution in [-0.2, 0) is 16.6 Å². The lowest BCUT2D eigenvalue weighted by Gasteiger charge is -2.22. The molecule has 0 bridgehead atoms. The lowest BCUT2D eigenvalue weighted by atomic mass is 10.1. The number of aryl methyl sites for hydroxylation is 1. The summed E-state index contributed by atoms with van der Waals surface area (Å²) >= 11 is 1.82. The lowest BCUT2D eigenvalue weighted by molar-refractivity contribution is -0.141. The first-order valence-corrected chi connectivity index (χ1v) is 10.5. The number of benzene rings is 1. The Morgan fingerprint density at radius 1 is 1.20 bits per heavy atom. The van der Waals surface area contributed by atoms with Crippen LogP contribution in [0.5, 0.6) is 0 Å². The molecule has 3 aromatic rings. The van der Waals surface area contributed by atoms with E-state index in [9.17, 15) is 28.2 Å². The molecule has 162 valence electrons. The van der Waals surface area contributed by atoms with Crippen LogP contribution in [0.1, 0.15) is 44.0 Å². The number of rotatable bonds is 5. The van der Waals surface area contributed by atoms with Crippen LogP contribution in [0, 0.1) is 6.92 Å². The van der Waals surface area contributed by atoms with Crippen molar-refractivity contribution < 1.29 is 28.2 Å². The third kappa shape index (κ3) is 4.19. The average Bonchev–Trinajstić information content (AvgIpc) is 3.09. The van der Waals surface area contributed by atoms with Crippen molar-refractivity contribution in [1.82, 2.24) is 14.6 Å². The highest BCUT2D eigenvalue weighted by Gasteiger charge is 2.37. The third-order valence-electron chi connectivity index (χ3n) is 4.34. The number of imidazole rings is 1. The fourth-order valence-corrected chi connectivity index (χ4v) is 4.80. The Hall–Kier alpha value is -2.11. The molecule has 0 aliphatic heterocycles. The van der Waals surface area contributed by atoms with E-state index in [1.165, 1.54) is 41.8 Å². The number of fused-ring (bicyclic) bond motifs is 1. The minimum absolute atomic E-state index is 0.195. The standard InChI is InChI=1S/C19H20F3N3O3S2/c1-9-13(25-16(23-9)29-14(24-25)17(2,3)28)10-6-7-11(19(20,21)22)12(8-10)30-18(4,5)15(26)27/h6-8,28H,1-5H3,(H,26,27). The molecule has 0 fully saturated rings. The molecule has 0 aliphatic rings. The van der Waals surface area contributed by atoms with Gasteiger partial charge in [-0.3, -0.25) is 4.79 Å². The number of alkyl halides is 3. The van der Waals surface area contributed by atoms with E-state index in [-0.39, 0.29) is 4.90 Å². The van der Waals surface area contributed by atoms with Crippen LogP contribution in [0.25, 0.3) is 16.2 Å². The Kier molecular flexibility index (Phi) is 5.45. The van der Waals surface area contributed by atoms with Crippen molar-refractivity contribution >= 4 is 34.0 Å². The molecular formula is C19H20F3N3O3S2. The molecule has 2 N–H and O–H groups in total. The van der Waals surface area contributed by atoms with Gasteiger partial charge < -0.3 is 10.2 Å². The second kappa shape index (κ2) is 7.24. The summed E-state index contributed by atoms with van der Waals surface area (Å²) in [6, 6.07) is 3.58. The normalized spacial score (nSPS) is 13.2. The maximum Gasteiger partial charge on any atom is 0.417 e. The molecule has 0 radical (unpaired) electrons. The number of hydrogen-bond acceptors (Lipinski definition) is 6. The summed E-state index contributed by atoms with van der Waals surface area (Å²) < 4.78 is 40.7. The molecule has 30 heavy (non-hydrogen) atoms. The van der Waals surface area contributed by atoms with Crippen LogP contribution in [0.2, 0.25) is 0 Å². The Bertz CT molecular complexity index is 1130. The van der Waals surface area contributed by atoms with Crippen LogP contribution >= 0.6 is 23.1 Å². The number of aromatic nitrogens is 3.